The largest absolute Gasteiger partial charge is 0.412 e. The summed E-state index contributed by atoms with van der Waals surface area (Å²) in [6.07, 6.45) is 0. The molecule has 0 amide bonds. The van der Waals surface area contributed by atoms with Gasteiger partial charge in [-0.3, -0.25) is 0 Å². The lowest BCUT2D eigenvalue weighted by molar-refractivity contribution is 0.824. The van der Waals surface area contributed by atoms with Crippen molar-refractivity contribution >= 4 is 46.4 Å². The monoisotopic (exact) mass is 310 g/mol. The molecule has 2 N–H and O–H groups in total. The number of hydrogen-bond acceptors (Lipinski definition) is 0. The Hall–Kier alpha value is -0.440. The van der Waals surface area contributed by atoms with E-state index in [1.54, 1.807) is 36.4 Å². The van der Waals surface area contributed by atoms with Crippen LogP contribution in [0.15, 0.2) is 48.5 Å². The van der Waals surface area contributed by atoms with Crippen molar-refractivity contribution in [2.24, 2.45) is 0 Å². The zero-order valence-electron chi connectivity index (χ0n) is 8.63. The Morgan fingerprint density at radius 3 is 0.882 bits per heavy atom. The number of halogens is 4. The molecule has 0 aliphatic rings. The third-order valence-electron chi connectivity index (χ3n) is 1.57. The Bertz CT molecular complexity index is 382. The van der Waals surface area contributed by atoms with E-state index in [4.69, 9.17) is 46.4 Å². The molecule has 92 valence electrons. The van der Waals surface area contributed by atoms with Crippen LogP contribution < -0.4 is 0 Å². The SMILES string of the molecule is Clc1cccc(Cl)c1.Clc1cccc(Cl)c1.O. The predicted octanol–water partition coefficient (Wildman–Crippen LogP) is 5.16. The molecule has 0 atom stereocenters. The fourth-order valence-corrected chi connectivity index (χ4v) is 1.79. The molecule has 0 aliphatic heterocycles. The zero-order chi connectivity index (χ0) is 12.0. The van der Waals surface area contributed by atoms with Gasteiger partial charge in [-0.1, -0.05) is 58.5 Å². The Kier molecular flexibility index (Phi) is 8.40. The van der Waals surface area contributed by atoms with E-state index in [-0.39, 0.29) is 5.48 Å². The first-order chi connectivity index (χ1) is 7.58. The summed E-state index contributed by atoms with van der Waals surface area (Å²) in [5, 5.41) is 2.71. The van der Waals surface area contributed by atoms with E-state index in [2.05, 4.69) is 0 Å². The van der Waals surface area contributed by atoms with Gasteiger partial charge in [0.05, 0.1) is 0 Å². The van der Waals surface area contributed by atoms with Gasteiger partial charge in [-0.05, 0) is 36.4 Å². The highest BCUT2D eigenvalue weighted by Gasteiger charge is 1.85. The zero-order valence-corrected chi connectivity index (χ0v) is 11.7. The second kappa shape index (κ2) is 8.62. The smallest absolute Gasteiger partial charge is 0.0420 e. The minimum Gasteiger partial charge on any atom is -0.412 e. The Labute approximate surface area is 120 Å². The van der Waals surface area contributed by atoms with Gasteiger partial charge in [0.25, 0.3) is 0 Å². The first-order valence-electron chi connectivity index (χ1n) is 4.40. The summed E-state index contributed by atoms with van der Waals surface area (Å²) >= 11 is 22.2. The molecule has 2 aromatic rings. The van der Waals surface area contributed by atoms with Crippen molar-refractivity contribution in [3.63, 3.8) is 0 Å². The molecule has 0 bridgehead atoms. The van der Waals surface area contributed by atoms with E-state index in [1.165, 1.54) is 0 Å². The molecule has 2 aromatic carbocycles. The van der Waals surface area contributed by atoms with Crippen LogP contribution in [0.4, 0.5) is 0 Å². The van der Waals surface area contributed by atoms with Gasteiger partial charge in [0, 0.05) is 20.1 Å². The molecule has 17 heavy (non-hydrogen) atoms. The molecule has 0 saturated carbocycles. The van der Waals surface area contributed by atoms with E-state index in [1.807, 2.05) is 12.1 Å². The van der Waals surface area contributed by atoms with Crippen LogP contribution in [0.3, 0.4) is 0 Å². The molecule has 0 aromatic heterocycles. The summed E-state index contributed by atoms with van der Waals surface area (Å²) in [6.45, 7) is 0. The minimum absolute atomic E-state index is 0. The highest BCUT2D eigenvalue weighted by atomic mass is 35.5. The molecule has 0 aliphatic carbocycles. The van der Waals surface area contributed by atoms with Gasteiger partial charge in [0.1, 0.15) is 0 Å². The summed E-state index contributed by atoms with van der Waals surface area (Å²) in [4.78, 5) is 0. The van der Waals surface area contributed by atoms with Crippen LogP contribution in [0.1, 0.15) is 0 Å². The van der Waals surface area contributed by atoms with E-state index in [0.29, 0.717) is 20.1 Å². The van der Waals surface area contributed by atoms with E-state index < -0.39 is 0 Å². The van der Waals surface area contributed by atoms with Gasteiger partial charge < -0.3 is 5.48 Å². The van der Waals surface area contributed by atoms with Crippen LogP contribution in [0.5, 0.6) is 0 Å². The van der Waals surface area contributed by atoms with Gasteiger partial charge in [0.15, 0.2) is 0 Å². The Morgan fingerprint density at radius 2 is 0.765 bits per heavy atom. The maximum atomic E-state index is 5.56. The van der Waals surface area contributed by atoms with Gasteiger partial charge in [-0.25, -0.2) is 0 Å². The lowest BCUT2D eigenvalue weighted by Crippen LogP contribution is -1.61. The molecule has 1 nitrogen and oxygen atoms in total. The molecule has 5 heteroatoms. The summed E-state index contributed by atoms with van der Waals surface area (Å²) in [5.41, 5.74) is 0. The van der Waals surface area contributed by atoms with Crippen molar-refractivity contribution in [3.05, 3.63) is 68.6 Å². The lowest BCUT2D eigenvalue weighted by Gasteiger charge is -1.86. The highest BCUT2D eigenvalue weighted by Crippen LogP contribution is 2.14. The average Bonchev–Trinajstić information content (AvgIpc) is 2.17. The van der Waals surface area contributed by atoms with Crippen molar-refractivity contribution < 1.29 is 5.48 Å². The number of benzene rings is 2. The van der Waals surface area contributed by atoms with Gasteiger partial charge in [0.2, 0.25) is 0 Å². The maximum absolute atomic E-state index is 5.56. The second-order valence-electron chi connectivity index (χ2n) is 2.88. The van der Waals surface area contributed by atoms with E-state index in [9.17, 15) is 0 Å². The van der Waals surface area contributed by atoms with Crippen molar-refractivity contribution in [2.75, 3.05) is 0 Å². The van der Waals surface area contributed by atoms with E-state index >= 15 is 0 Å². The van der Waals surface area contributed by atoms with Crippen molar-refractivity contribution in [2.45, 2.75) is 0 Å². The minimum atomic E-state index is 0. The van der Waals surface area contributed by atoms with Crippen LogP contribution in [0, 0.1) is 0 Å². The molecule has 0 unspecified atom stereocenters. The molecule has 2 rings (SSSR count). The van der Waals surface area contributed by atoms with Crippen LogP contribution in [0.25, 0.3) is 0 Å². The van der Waals surface area contributed by atoms with Gasteiger partial charge in [-0.2, -0.15) is 0 Å². The quantitative estimate of drug-likeness (QED) is 0.643. The topological polar surface area (TPSA) is 31.5 Å². The standard InChI is InChI=1S/2C6H4Cl2.H2O/c2*7-5-2-1-3-6(8)4-5;/h2*1-4H;1H2. The molecular formula is C12H10Cl4O. The number of rotatable bonds is 0. The third-order valence-corrected chi connectivity index (χ3v) is 2.51. The molecular weight excluding hydrogens is 302 g/mol. The molecule has 0 spiro atoms. The fourth-order valence-electron chi connectivity index (χ4n) is 0.920. The third kappa shape index (κ3) is 7.48. The van der Waals surface area contributed by atoms with E-state index in [0.717, 1.165) is 0 Å². The summed E-state index contributed by atoms with van der Waals surface area (Å²) < 4.78 is 0. The first kappa shape index (κ1) is 16.6. The predicted molar refractivity (Wildman–Crippen MR) is 76.5 cm³/mol. The first-order valence-corrected chi connectivity index (χ1v) is 5.91. The second-order valence-corrected chi connectivity index (χ2v) is 4.63. The molecule has 0 saturated heterocycles. The highest BCUT2D eigenvalue weighted by molar-refractivity contribution is 6.35. The Balaban J connectivity index is 0.000000284. The average molecular weight is 312 g/mol. The van der Waals surface area contributed by atoms with Crippen LogP contribution in [-0.2, 0) is 0 Å². The molecule has 0 heterocycles. The van der Waals surface area contributed by atoms with Gasteiger partial charge in [-0.15, -0.1) is 0 Å². The van der Waals surface area contributed by atoms with Crippen LogP contribution in [0.2, 0.25) is 20.1 Å². The van der Waals surface area contributed by atoms with Crippen LogP contribution >= 0.6 is 46.4 Å². The van der Waals surface area contributed by atoms with Gasteiger partial charge >= 0.3 is 0 Å². The Morgan fingerprint density at radius 1 is 0.529 bits per heavy atom. The summed E-state index contributed by atoms with van der Waals surface area (Å²) in [5.74, 6) is 0. The number of hydrogen-bond donors (Lipinski definition) is 0. The van der Waals surface area contributed by atoms with Crippen molar-refractivity contribution in [3.8, 4) is 0 Å². The molecule has 0 radical (unpaired) electrons. The maximum Gasteiger partial charge on any atom is 0.0420 e. The van der Waals surface area contributed by atoms with Crippen molar-refractivity contribution in [1.82, 2.24) is 0 Å². The molecule has 0 fully saturated rings. The summed E-state index contributed by atoms with van der Waals surface area (Å²) in [6, 6.07) is 14.2. The fraction of sp³-hybridized carbons (Fsp3) is 0. The van der Waals surface area contributed by atoms with Crippen molar-refractivity contribution in [1.29, 1.82) is 0 Å². The normalized spacial score (nSPS) is 8.71. The lowest BCUT2D eigenvalue weighted by atomic mass is 10.4. The summed E-state index contributed by atoms with van der Waals surface area (Å²) in [7, 11) is 0. The van der Waals surface area contributed by atoms with Crippen LogP contribution in [-0.4, -0.2) is 5.48 Å².